The number of allylic oxidation sites excluding steroid dienone is 4. The monoisotopic (exact) mass is 744 g/mol. The molecule has 0 fully saturated rings. The van der Waals surface area contributed by atoms with Crippen LogP contribution in [0.25, 0.3) is 0 Å². The van der Waals surface area contributed by atoms with Crippen molar-refractivity contribution in [2.24, 2.45) is 0 Å². The highest BCUT2D eigenvalue weighted by Crippen LogP contribution is 2.38. The Bertz CT molecular complexity index is 874. The second-order valence-electron chi connectivity index (χ2n) is 15.4. The van der Waals surface area contributed by atoms with Crippen molar-refractivity contribution >= 4 is 13.8 Å². The number of hydrogen-bond donors (Lipinski definition) is 0. The SMILES string of the molecule is CCCCCCC/C=C\C/C=C\CCCCCCCCCCCCCCOCC(COP(=O)([O-])OCC[N+](C)(C)C)OC(=O)CCCCCCC. The average molecular weight is 744 g/mol. The first-order valence-corrected chi connectivity index (χ1v) is 22.5. The van der Waals surface area contributed by atoms with Gasteiger partial charge in [-0.2, -0.15) is 0 Å². The van der Waals surface area contributed by atoms with Gasteiger partial charge in [0.15, 0.2) is 0 Å². The van der Waals surface area contributed by atoms with Crippen molar-refractivity contribution in [3.05, 3.63) is 24.3 Å². The third-order valence-electron chi connectivity index (χ3n) is 9.01. The van der Waals surface area contributed by atoms with E-state index in [1.54, 1.807) is 0 Å². The first-order valence-electron chi connectivity index (χ1n) is 21.1. The lowest BCUT2D eigenvalue weighted by Crippen LogP contribution is -2.37. The molecule has 2 unspecified atom stereocenters. The highest BCUT2D eigenvalue weighted by Gasteiger charge is 2.20. The minimum absolute atomic E-state index is 0.0271. The Labute approximate surface area is 315 Å². The van der Waals surface area contributed by atoms with Crippen LogP contribution in [-0.4, -0.2) is 70.7 Å². The van der Waals surface area contributed by atoms with E-state index < -0.39 is 13.9 Å². The smallest absolute Gasteiger partial charge is 0.306 e. The van der Waals surface area contributed by atoms with Crippen LogP contribution in [0.5, 0.6) is 0 Å². The van der Waals surface area contributed by atoms with Crippen molar-refractivity contribution in [3.8, 4) is 0 Å². The molecule has 8 nitrogen and oxygen atoms in total. The van der Waals surface area contributed by atoms with Crippen molar-refractivity contribution in [2.45, 2.75) is 187 Å². The quantitative estimate of drug-likeness (QED) is 0.0203. The van der Waals surface area contributed by atoms with Crippen LogP contribution in [0.15, 0.2) is 24.3 Å². The van der Waals surface area contributed by atoms with Gasteiger partial charge in [0.25, 0.3) is 7.82 Å². The van der Waals surface area contributed by atoms with Crippen LogP contribution in [0, 0.1) is 0 Å². The number of phosphoric ester groups is 1. The summed E-state index contributed by atoms with van der Waals surface area (Å²) in [7, 11) is 1.36. The summed E-state index contributed by atoms with van der Waals surface area (Å²) in [4.78, 5) is 24.7. The predicted octanol–water partition coefficient (Wildman–Crippen LogP) is 11.4. The number of phosphoric acid groups is 1. The number of esters is 1. The fourth-order valence-corrected chi connectivity index (χ4v) is 6.42. The maximum absolute atomic E-state index is 12.4. The molecule has 0 N–H and O–H groups in total. The number of unbranched alkanes of at least 4 members (excludes halogenated alkanes) is 21. The number of likely N-dealkylation sites (N-methyl/N-ethyl adjacent to an activating group) is 1. The minimum atomic E-state index is -4.51. The van der Waals surface area contributed by atoms with Crippen molar-refractivity contribution in [1.29, 1.82) is 0 Å². The molecule has 0 bridgehead atoms. The van der Waals surface area contributed by atoms with Crippen LogP contribution in [0.3, 0.4) is 0 Å². The average Bonchev–Trinajstić information content (AvgIpc) is 3.07. The fourth-order valence-electron chi connectivity index (χ4n) is 5.69. The summed E-state index contributed by atoms with van der Waals surface area (Å²) in [5.74, 6) is -0.347. The Hall–Kier alpha value is -1.02. The molecule has 0 saturated carbocycles. The normalized spacial score (nSPS) is 14.1. The number of carbonyl (C=O) groups excluding carboxylic acids is 1. The molecule has 0 aromatic carbocycles. The molecular weight excluding hydrogens is 661 g/mol. The molecule has 0 saturated heterocycles. The number of nitrogens with zero attached hydrogens (tertiary/aromatic N) is 1. The van der Waals surface area contributed by atoms with Gasteiger partial charge in [-0.1, -0.05) is 154 Å². The largest absolute Gasteiger partial charge is 0.756 e. The van der Waals surface area contributed by atoms with Gasteiger partial charge >= 0.3 is 5.97 Å². The van der Waals surface area contributed by atoms with Gasteiger partial charge < -0.3 is 27.9 Å². The van der Waals surface area contributed by atoms with E-state index in [1.165, 1.54) is 109 Å². The second kappa shape index (κ2) is 36.0. The van der Waals surface area contributed by atoms with Crippen LogP contribution < -0.4 is 4.89 Å². The van der Waals surface area contributed by atoms with Gasteiger partial charge in [0, 0.05) is 13.0 Å². The van der Waals surface area contributed by atoms with Gasteiger partial charge in [-0.25, -0.2) is 0 Å². The number of rotatable bonds is 39. The molecule has 0 aromatic rings. The summed E-state index contributed by atoms with van der Waals surface area (Å²) < 4.78 is 34.3. The van der Waals surface area contributed by atoms with Gasteiger partial charge in [0.2, 0.25) is 0 Å². The molecule has 9 heteroatoms. The summed E-state index contributed by atoms with van der Waals surface area (Å²) in [6.07, 6.45) is 39.5. The lowest BCUT2D eigenvalue weighted by atomic mass is 10.0. The summed E-state index contributed by atoms with van der Waals surface area (Å²) in [6.45, 7) is 5.32. The van der Waals surface area contributed by atoms with Crippen LogP contribution in [0.4, 0.5) is 0 Å². The Morgan fingerprint density at radius 1 is 0.608 bits per heavy atom. The zero-order valence-electron chi connectivity index (χ0n) is 34.1. The van der Waals surface area contributed by atoms with E-state index >= 15 is 0 Å². The third kappa shape index (κ3) is 40.0. The molecule has 0 aliphatic carbocycles. The molecular formula is C42H82NO7P. The zero-order valence-corrected chi connectivity index (χ0v) is 35.0. The Kier molecular flexibility index (Phi) is 35.3. The van der Waals surface area contributed by atoms with Crippen molar-refractivity contribution in [3.63, 3.8) is 0 Å². The summed E-state index contributed by atoms with van der Waals surface area (Å²) in [5.41, 5.74) is 0. The predicted molar refractivity (Wildman–Crippen MR) is 213 cm³/mol. The topological polar surface area (TPSA) is 94.1 Å². The van der Waals surface area contributed by atoms with Gasteiger partial charge in [-0.3, -0.25) is 9.36 Å². The van der Waals surface area contributed by atoms with Crippen molar-refractivity contribution in [2.75, 3.05) is 54.1 Å². The van der Waals surface area contributed by atoms with E-state index in [9.17, 15) is 14.3 Å². The van der Waals surface area contributed by atoms with E-state index in [1.807, 2.05) is 21.1 Å². The van der Waals surface area contributed by atoms with Crippen molar-refractivity contribution in [1.82, 2.24) is 0 Å². The summed E-state index contributed by atoms with van der Waals surface area (Å²) >= 11 is 0. The molecule has 0 rings (SSSR count). The standard InChI is InChI=1S/C42H82NO7P/c1-6-8-10-12-13-14-15-16-17-18-19-20-21-22-23-24-25-26-27-28-29-30-32-34-37-47-39-41(50-42(44)35-33-31-11-9-7-2)40-49-51(45,46)48-38-36-43(3,4)5/h15-16,18-19,41H,6-14,17,20-40H2,1-5H3/b16-15-,19-18-. The molecule has 0 aliphatic rings. The Balaban J connectivity index is 3.92. The van der Waals surface area contributed by atoms with Crippen LogP contribution in [0.1, 0.15) is 181 Å². The van der Waals surface area contributed by atoms with E-state index in [-0.39, 0.29) is 25.8 Å². The molecule has 0 radical (unpaired) electrons. The van der Waals surface area contributed by atoms with Crippen molar-refractivity contribution < 1.29 is 37.3 Å². The Morgan fingerprint density at radius 3 is 1.59 bits per heavy atom. The lowest BCUT2D eigenvalue weighted by Gasteiger charge is -2.28. The van der Waals surface area contributed by atoms with Gasteiger partial charge in [0.1, 0.15) is 19.3 Å². The zero-order chi connectivity index (χ0) is 37.7. The molecule has 0 aromatic heterocycles. The lowest BCUT2D eigenvalue weighted by molar-refractivity contribution is -0.870. The molecule has 302 valence electrons. The molecule has 0 heterocycles. The number of hydrogen-bond acceptors (Lipinski definition) is 7. The molecule has 2 atom stereocenters. The molecule has 0 aliphatic heterocycles. The highest BCUT2D eigenvalue weighted by atomic mass is 31.2. The summed E-state index contributed by atoms with van der Waals surface area (Å²) in [5, 5.41) is 0. The molecule has 0 spiro atoms. The number of ether oxygens (including phenoxy) is 2. The first kappa shape index (κ1) is 50.0. The van der Waals surface area contributed by atoms with Crippen LogP contribution in [0.2, 0.25) is 0 Å². The number of carbonyl (C=O) groups is 1. The van der Waals surface area contributed by atoms with E-state index in [4.69, 9.17) is 18.5 Å². The second-order valence-corrected chi connectivity index (χ2v) is 16.8. The highest BCUT2D eigenvalue weighted by molar-refractivity contribution is 7.45. The Morgan fingerprint density at radius 2 is 1.08 bits per heavy atom. The van der Waals surface area contributed by atoms with Crippen LogP contribution in [-0.2, 0) is 27.9 Å². The van der Waals surface area contributed by atoms with Crippen LogP contribution >= 0.6 is 7.82 Å². The van der Waals surface area contributed by atoms with Gasteiger partial charge in [-0.15, -0.1) is 0 Å². The van der Waals surface area contributed by atoms with E-state index in [0.717, 1.165) is 51.4 Å². The van der Waals surface area contributed by atoms with Gasteiger partial charge in [-0.05, 0) is 44.9 Å². The molecule has 51 heavy (non-hydrogen) atoms. The first-order chi connectivity index (χ1) is 24.6. The van der Waals surface area contributed by atoms with E-state index in [2.05, 4.69) is 38.2 Å². The summed E-state index contributed by atoms with van der Waals surface area (Å²) in [6, 6.07) is 0. The minimum Gasteiger partial charge on any atom is -0.756 e. The van der Waals surface area contributed by atoms with E-state index in [0.29, 0.717) is 24.1 Å². The fraction of sp³-hybridized carbons (Fsp3) is 0.881. The number of quaternary nitrogens is 1. The third-order valence-corrected chi connectivity index (χ3v) is 9.97. The maximum atomic E-state index is 12.4. The maximum Gasteiger partial charge on any atom is 0.306 e. The van der Waals surface area contributed by atoms with Gasteiger partial charge in [0.05, 0.1) is 34.4 Å². The molecule has 0 amide bonds.